The Labute approximate surface area is 117 Å². The van der Waals surface area contributed by atoms with Crippen molar-refractivity contribution in [3.8, 4) is 0 Å². The Bertz CT molecular complexity index is 382. The van der Waals surface area contributed by atoms with Crippen LogP contribution in [0.25, 0.3) is 0 Å². The van der Waals surface area contributed by atoms with Crippen LogP contribution in [0.5, 0.6) is 0 Å². The van der Waals surface area contributed by atoms with Crippen molar-refractivity contribution in [2.75, 3.05) is 6.54 Å². The molecule has 0 aliphatic rings. The summed E-state index contributed by atoms with van der Waals surface area (Å²) in [5.41, 5.74) is 0.851. The molecule has 0 spiro atoms. The van der Waals surface area contributed by atoms with Crippen molar-refractivity contribution in [3.05, 3.63) is 33.4 Å². The zero-order chi connectivity index (χ0) is 13.1. The fraction of sp³-hybridized carbons (Fsp3) is 0.500. The smallest absolute Gasteiger partial charge is 0.251 e. The second-order valence-corrected chi connectivity index (χ2v) is 6.58. The summed E-state index contributed by atoms with van der Waals surface area (Å²) in [4.78, 5) is 11.9. The van der Waals surface area contributed by atoms with Gasteiger partial charge in [-0.25, -0.2) is 0 Å². The van der Waals surface area contributed by atoms with Crippen LogP contribution in [0.4, 0.5) is 0 Å². The van der Waals surface area contributed by atoms with Gasteiger partial charge in [-0.05, 0) is 58.2 Å². The number of benzene rings is 1. The van der Waals surface area contributed by atoms with Crippen LogP contribution >= 0.6 is 22.6 Å². The lowest BCUT2D eigenvalue weighted by atomic mass is 9.81. The monoisotopic (exact) mass is 345 g/mol. The Hall–Kier alpha value is -0.580. The van der Waals surface area contributed by atoms with E-state index in [4.69, 9.17) is 0 Å². The number of carbonyl (C=O) groups excluding carboxylic acids is 1. The van der Waals surface area contributed by atoms with Crippen LogP contribution in [0.15, 0.2) is 24.3 Å². The summed E-state index contributed by atoms with van der Waals surface area (Å²) in [6.45, 7) is 9.40. The SMILES string of the molecule is CC(C)C(C)(C)CNC(=O)c1ccc(I)cc1. The van der Waals surface area contributed by atoms with Crippen LogP contribution in [-0.4, -0.2) is 12.5 Å². The Morgan fingerprint density at radius 3 is 2.29 bits per heavy atom. The molecule has 0 atom stereocenters. The highest BCUT2D eigenvalue weighted by molar-refractivity contribution is 14.1. The molecule has 1 aromatic rings. The molecular formula is C14H20INO. The number of hydrogen-bond acceptors (Lipinski definition) is 1. The minimum atomic E-state index is 0.00938. The molecule has 0 aromatic heterocycles. The summed E-state index contributed by atoms with van der Waals surface area (Å²) in [6, 6.07) is 7.62. The van der Waals surface area contributed by atoms with Crippen molar-refractivity contribution in [1.82, 2.24) is 5.32 Å². The topological polar surface area (TPSA) is 29.1 Å². The van der Waals surface area contributed by atoms with E-state index in [1.807, 2.05) is 24.3 Å². The van der Waals surface area contributed by atoms with Gasteiger partial charge in [0.1, 0.15) is 0 Å². The third kappa shape index (κ3) is 4.30. The number of carbonyl (C=O) groups is 1. The van der Waals surface area contributed by atoms with Crippen molar-refractivity contribution in [1.29, 1.82) is 0 Å². The second kappa shape index (κ2) is 5.85. The van der Waals surface area contributed by atoms with E-state index in [9.17, 15) is 4.79 Å². The summed E-state index contributed by atoms with van der Waals surface area (Å²) in [5.74, 6) is 0.551. The number of nitrogens with one attached hydrogen (secondary N) is 1. The highest BCUT2D eigenvalue weighted by atomic mass is 127. The standard InChI is InChI=1S/C14H20INO/c1-10(2)14(3,4)9-16-13(17)11-5-7-12(15)8-6-11/h5-8,10H,9H2,1-4H3,(H,16,17). The maximum atomic E-state index is 11.9. The average Bonchev–Trinajstić information content (AvgIpc) is 2.27. The van der Waals surface area contributed by atoms with Gasteiger partial charge < -0.3 is 5.32 Å². The molecule has 0 aliphatic carbocycles. The van der Waals surface area contributed by atoms with Gasteiger partial charge in [0.25, 0.3) is 5.91 Å². The Balaban J connectivity index is 2.59. The van der Waals surface area contributed by atoms with Gasteiger partial charge in [0.2, 0.25) is 0 Å². The molecule has 17 heavy (non-hydrogen) atoms. The molecule has 0 radical (unpaired) electrons. The van der Waals surface area contributed by atoms with Crippen LogP contribution in [0, 0.1) is 14.9 Å². The molecule has 0 fully saturated rings. The lowest BCUT2D eigenvalue weighted by Gasteiger charge is -2.29. The maximum absolute atomic E-state index is 11.9. The highest BCUT2D eigenvalue weighted by Gasteiger charge is 2.22. The fourth-order valence-corrected chi connectivity index (χ4v) is 1.58. The average molecular weight is 345 g/mol. The van der Waals surface area contributed by atoms with E-state index in [2.05, 4.69) is 55.6 Å². The van der Waals surface area contributed by atoms with E-state index in [-0.39, 0.29) is 11.3 Å². The third-order valence-corrected chi connectivity index (χ3v) is 4.09. The number of amides is 1. The van der Waals surface area contributed by atoms with Crippen molar-refractivity contribution >= 4 is 28.5 Å². The first kappa shape index (κ1) is 14.5. The molecule has 3 heteroatoms. The molecule has 0 saturated carbocycles. The van der Waals surface area contributed by atoms with Gasteiger partial charge in [-0.3, -0.25) is 4.79 Å². The van der Waals surface area contributed by atoms with E-state index < -0.39 is 0 Å². The van der Waals surface area contributed by atoms with E-state index in [1.54, 1.807) is 0 Å². The van der Waals surface area contributed by atoms with Crippen molar-refractivity contribution < 1.29 is 4.79 Å². The van der Waals surface area contributed by atoms with E-state index in [0.717, 1.165) is 9.13 Å². The predicted molar refractivity (Wildman–Crippen MR) is 80.1 cm³/mol. The summed E-state index contributed by atoms with van der Waals surface area (Å²) in [7, 11) is 0. The lowest BCUT2D eigenvalue weighted by molar-refractivity contribution is 0.0925. The molecule has 0 bridgehead atoms. The van der Waals surface area contributed by atoms with Crippen LogP contribution in [-0.2, 0) is 0 Å². The van der Waals surface area contributed by atoms with Gasteiger partial charge in [-0.1, -0.05) is 27.7 Å². The first-order valence-electron chi connectivity index (χ1n) is 5.86. The largest absolute Gasteiger partial charge is 0.351 e. The summed E-state index contributed by atoms with van der Waals surface area (Å²) in [6.07, 6.45) is 0. The van der Waals surface area contributed by atoms with Gasteiger partial charge in [0.05, 0.1) is 0 Å². The third-order valence-electron chi connectivity index (χ3n) is 3.37. The van der Waals surface area contributed by atoms with Gasteiger partial charge in [0, 0.05) is 15.7 Å². The van der Waals surface area contributed by atoms with E-state index in [1.165, 1.54) is 0 Å². The molecule has 0 aliphatic heterocycles. The number of halogens is 1. The Kier molecular flexibility index (Phi) is 4.98. The molecule has 0 heterocycles. The molecule has 1 aromatic carbocycles. The molecule has 0 saturated heterocycles. The summed E-state index contributed by atoms with van der Waals surface area (Å²) < 4.78 is 1.14. The highest BCUT2D eigenvalue weighted by Crippen LogP contribution is 2.24. The molecule has 94 valence electrons. The van der Waals surface area contributed by atoms with Crippen LogP contribution in [0.1, 0.15) is 38.1 Å². The first-order valence-corrected chi connectivity index (χ1v) is 6.94. The van der Waals surface area contributed by atoms with Gasteiger partial charge in [-0.15, -0.1) is 0 Å². The lowest BCUT2D eigenvalue weighted by Crippen LogP contribution is -2.36. The normalized spacial score (nSPS) is 11.6. The zero-order valence-corrected chi connectivity index (χ0v) is 13.0. The van der Waals surface area contributed by atoms with Gasteiger partial charge >= 0.3 is 0 Å². The van der Waals surface area contributed by atoms with Crippen LogP contribution in [0.2, 0.25) is 0 Å². The zero-order valence-electron chi connectivity index (χ0n) is 10.9. The number of hydrogen-bond donors (Lipinski definition) is 1. The minimum absolute atomic E-state index is 0.00938. The summed E-state index contributed by atoms with van der Waals surface area (Å²) >= 11 is 2.23. The molecule has 1 rings (SSSR count). The predicted octanol–water partition coefficient (Wildman–Crippen LogP) is 3.70. The Morgan fingerprint density at radius 1 is 1.29 bits per heavy atom. The van der Waals surface area contributed by atoms with Gasteiger partial charge in [-0.2, -0.15) is 0 Å². The molecule has 2 nitrogen and oxygen atoms in total. The van der Waals surface area contributed by atoms with Crippen molar-refractivity contribution in [3.63, 3.8) is 0 Å². The molecular weight excluding hydrogens is 325 g/mol. The molecule has 1 amide bonds. The quantitative estimate of drug-likeness (QED) is 0.829. The first-order chi connectivity index (χ1) is 7.83. The fourth-order valence-electron chi connectivity index (χ4n) is 1.22. The van der Waals surface area contributed by atoms with E-state index >= 15 is 0 Å². The molecule has 0 unspecified atom stereocenters. The Morgan fingerprint density at radius 2 is 1.82 bits per heavy atom. The van der Waals surface area contributed by atoms with Gasteiger partial charge in [0.15, 0.2) is 0 Å². The van der Waals surface area contributed by atoms with Crippen molar-refractivity contribution in [2.24, 2.45) is 11.3 Å². The maximum Gasteiger partial charge on any atom is 0.251 e. The van der Waals surface area contributed by atoms with Crippen molar-refractivity contribution in [2.45, 2.75) is 27.7 Å². The second-order valence-electron chi connectivity index (χ2n) is 5.33. The van der Waals surface area contributed by atoms with E-state index in [0.29, 0.717) is 12.5 Å². The summed E-state index contributed by atoms with van der Waals surface area (Å²) in [5, 5.41) is 3.00. The van der Waals surface area contributed by atoms with Crippen LogP contribution in [0.3, 0.4) is 0 Å². The van der Waals surface area contributed by atoms with Crippen LogP contribution < -0.4 is 5.32 Å². The minimum Gasteiger partial charge on any atom is -0.351 e. The molecule has 1 N–H and O–H groups in total. The number of rotatable bonds is 4.